The highest BCUT2D eigenvalue weighted by Gasteiger charge is 2.30. The summed E-state index contributed by atoms with van der Waals surface area (Å²) in [6, 6.07) is 11.4. The van der Waals surface area contributed by atoms with Crippen LogP contribution in [0.4, 0.5) is 5.13 Å². The number of carbonyl (C=O) groups excluding carboxylic acids is 1. The number of para-hydroxylation sites is 1. The van der Waals surface area contributed by atoms with E-state index < -0.39 is 6.10 Å². The van der Waals surface area contributed by atoms with Crippen LogP contribution >= 0.6 is 34.3 Å². The third-order valence-corrected chi connectivity index (χ3v) is 5.57. The number of hydrogen-bond donors (Lipinski definition) is 1. The number of nitrogens with zero attached hydrogens (tertiary/aromatic N) is 2. The van der Waals surface area contributed by atoms with Crippen LogP contribution in [0, 0.1) is 0 Å². The fourth-order valence-electron chi connectivity index (χ4n) is 2.24. The van der Waals surface area contributed by atoms with E-state index in [1.165, 1.54) is 22.7 Å². The van der Waals surface area contributed by atoms with E-state index in [1.807, 2.05) is 30.3 Å². The quantitative estimate of drug-likeness (QED) is 0.760. The fraction of sp³-hybridized carbons (Fsp3) is 0.133. The third-order valence-electron chi connectivity index (χ3n) is 3.34. The van der Waals surface area contributed by atoms with Gasteiger partial charge in [-0.2, -0.15) is 0 Å². The molecule has 23 heavy (non-hydrogen) atoms. The first-order chi connectivity index (χ1) is 11.2. The molecular weight excluding hydrogens is 354 g/mol. The highest BCUT2D eigenvalue weighted by Crippen LogP contribution is 2.28. The Morgan fingerprint density at radius 3 is 2.91 bits per heavy atom. The van der Waals surface area contributed by atoms with Crippen molar-refractivity contribution < 1.29 is 9.63 Å². The molecule has 0 radical (unpaired) electrons. The molecule has 0 saturated heterocycles. The molecule has 1 N–H and O–H groups in total. The zero-order valence-electron chi connectivity index (χ0n) is 11.7. The van der Waals surface area contributed by atoms with Gasteiger partial charge in [0.15, 0.2) is 5.13 Å². The van der Waals surface area contributed by atoms with Crippen LogP contribution in [0.5, 0.6) is 0 Å². The minimum Gasteiger partial charge on any atom is -0.382 e. The zero-order chi connectivity index (χ0) is 15.8. The molecule has 1 unspecified atom stereocenters. The molecule has 8 heteroatoms. The second-order valence-electron chi connectivity index (χ2n) is 4.92. The second kappa shape index (κ2) is 5.92. The third kappa shape index (κ3) is 2.95. The predicted molar refractivity (Wildman–Crippen MR) is 93.6 cm³/mol. The van der Waals surface area contributed by atoms with E-state index >= 15 is 0 Å². The summed E-state index contributed by atoms with van der Waals surface area (Å²) < 4.78 is 1.71. The maximum absolute atomic E-state index is 12.3. The molecule has 0 bridgehead atoms. The number of oxime groups is 1. The van der Waals surface area contributed by atoms with Gasteiger partial charge in [0.25, 0.3) is 5.91 Å². The number of rotatable bonds is 3. The molecule has 1 aromatic carbocycles. The first kappa shape index (κ1) is 14.6. The number of anilines is 1. The molecule has 2 aromatic heterocycles. The van der Waals surface area contributed by atoms with Crippen molar-refractivity contribution in [3.63, 3.8) is 0 Å². The Kier molecular flexibility index (Phi) is 3.76. The minimum absolute atomic E-state index is 0.245. The molecule has 5 nitrogen and oxygen atoms in total. The Balaban J connectivity index is 1.44. The largest absolute Gasteiger partial charge is 0.382 e. The highest BCUT2D eigenvalue weighted by molar-refractivity contribution is 7.22. The Bertz CT molecular complexity index is 885. The lowest BCUT2D eigenvalue weighted by Gasteiger charge is -2.06. The molecule has 0 spiro atoms. The van der Waals surface area contributed by atoms with E-state index in [-0.39, 0.29) is 5.91 Å². The van der Waals surface area contributed by atoms with Crippen molar-refractivity contribution in [2.24, 2.45) is 5.16 Å². The van der Waals surface area contributed by atoms with E-state index in [1.54, 1.807) is 6.07 Å². The molecule has 1 aliphatic heterocycles. The number of hydrogen-bond acceptors (Lipinski definition) is 6. The number of nitrogens with one attached hydrogen (secondary N) is 1. The molecule has 1 amide bonds. The Hall–Kier alpha value is -1.96. The van der Waals surface area contributed by atoms with Crippen LogP contribution in [-0.4, -0.2) is 22.7 Å². The normalized spacial score (nSPS) is 17.1. The number of thiazole rings is 1. The lowest BCUT2D eigenvalue weighted by molar-refractivity contribution is -0.125. The van der Waals surface area contributed by atoms with Crippen molar-refractivity contribution in [1.29, 1.82) is 0 Å². The predicted octanol–water partition coefficient (Wildman–Crippen LogP) is 4.14. The molecule has 0 saturated carbocycles. The Morgan fingerprint density at radius 2 is 2.13 bits per heavy atom. The topological polar surface area (TPSA) is 63.6 Å². The zero-order valence-corrected chi connectivity index (χ0v) is 14.0. The van der Waals surface area contributed by atoms with Gasteiger partial charge in [-0.25, -0.2) is 4.98 Å². The van der Waals surface area contributed by atoms with Gasteiger partial charge in [-0.15, -0.1) is 11.3 Å². The highest BCUT2D eigenvalue weighted by atomic mass is 35.5. The standard InChI is InChI=1S/C15H10ClN3O2S2/c16-13-6-5-12(22-13)9-7-10(21-19-9)14(20)18-15-17-8-3-1-2-4-11(8)23-15/h1-6,10H,7H2,(H,17,18,20). The van der Waals surface area contributed by atoms with Crippen LogP contribution < -0.4 is 5.32 Å². The fourth-order valence-corrected chi connectivity index (χ4v) is 4.15. The molecule has 4 rings (SSSR count). The van der Waals surface area contributed by atoms with Crippen LogP contribution in [0.2, 0.25) is 4.34 Å². The van der Waals surface area contributed by atoms with Crippen LogP contribution in [0.25, 0.3) is 10.2 Å². The maximum Gasteiger partial charge on any atom is 0.270 e. The van der Waals surface area contributed by atoms with Crippen molar-refractivity contribution >= 4 is 61.2 Å². The summed E-state index contributed by atoms with van der Waals surface area (Å²) in [6.45, 7) is 0. The lowest BCUT2D eigenvalue weighted by Crippen LogP contribution is -2.27. The number of thiophene rings is 1. The van der Waals surface area contributed by atoms with E-state index in [9.17, 15) is 4.79 Å². The molecule has 116 valence electrons. The monoisotopic (exact) mass is 363 g/mol. The summed E-state index contributed by atoms with van der Waals surface area (Å²) in [5.41, 5.74) is 1.61. The van der Waals surface area contributed by atoms with Gasteiger partial charge in [0, 0.05) is 6.42 Å². The van der Waals surface area contributed by atoms with Crippen molar-refractivity contribution in [2.45, 2.75) is 12.5 Å². The van der Waals surface area contributed by atoms with Gasteiger partial charge in [0.1, 0.15) is 5.71 Å². The number of fused-ring (bicyclic) bond motifs is 1. The van der Waals surface area contributed by atoms with Gasteiger partial charge in [-0.1, -0.05) is 40.2 Å². The van der Waals surface area contributed by atoms with Crippen LogP contribution in [0.15, 0.2) is 41.6 Å². The Morgan fingerprint density at radius 1 is 1.26 bits per heavy atom. The summed E-state index contributed by atoms with van der Waals surface area (Å²) in [4.78, 5) is 22.9. The first-order valence-electron chi connectivity index (χ1n) is 6.84. The van der Waals surface area contributed by atoms with E-state index in [0.717, 1.165) is 20.8 Å². The summed E-state index contributed by atoms with van der Waals surface area (Å²) in [5, 5.41) is 7.36. The number of amides is 1. The van der Waals surface area contributed by atoms with Gasteiger partial charge in [-0.05, 0) is 24.3 Å². The van der Waals surface area contributed by atoms with Gasteiger partial charge in [-0.3, -0.25) is 10.1 Å². The first-order valence-corrected chi connectivity index (χ1v) is 8.85. The molecule has 0 fully saturated rings. The molecular formula is C15H10ClN3O2S2. The van der Waals surface area contributed by atoms with E-state index in [2.05, 4.69) is 15.5 Å². The maximum atomic E-state index is 12.3. The van der Waals surface area contributed by atoms with Crippen molar-refractivity contribution in [2.75, 3.05) is 5.32 Å². The summed E-state index contributed by atoms with van der Waals surface area (Å²) in [7, 11) is 0. The molecule has 3 heterocycles. The van der Waals surface area contributed by atoms with E-state index in [0.29, 0.717) is 15.9 Å². The number of aromatic nitrogens is 1. The molecule has 1 atom stereocenters. The van der Waals surface area contributed by atoms with Crippen molar-refractivity contribution in [3.05, 3.63) is 45.6 Å². The minimum atomic E-state index is -0.641. The summed E-state index contributed by atoms with van der Waals surface area (Å²) >= 11 is 8.77. The molecule has 3 aromatic rings. The van der Waals surface area contributed by atoms with Gasteiger partial charge in [0.2, 0.25) is 6.10 Å². The second-order valence-corrected chi connectivity index (χ2v) is 7.66. The average molecular weight is 364 g/mol. The number of benzene rings is 1. The summed E-state index contributed by atoms with van der Waals surface area (Å²) in [5.74, 6) is -0.245. The Labute approximate surface area is 144 Å². The SMILES string of the molecule is O=C(Nc1nc2ccccc2s1)C1CC(c2ccc(Cl)s2)=NO1. The van der Waals surface area contributed by atoms with Crippen molar-refractivity contribution in [3.8, 4) is 0 Å². The smallest absolute Gasteiger partial charge is 0.270 e. The number of halogens is 1. The van der Waals surface area contributed by atoms with Crippen LogP contribution in [-0.2, 0) is 9.63 Å². The summed E-state index contributed by atoms with van der Waals surface area (Å²) in [6.07, 6.45) is -0.217. The van der Waals surface area contributed by atoms with Gasteiger partial charge >= 0.3 is 0 Å². The number of carbonyl (C=O) groups is 1. The van der Waals surface area contributed by atoms with Gasteiger partial charge in [0.05, 0.1) is 19.4 Å². The van der Waals surface area contributed by atoms with E-state index in [4.69, 9.17) is 16.4 Å². The molecule has 1 aliphatic rings. The van der Waals surface area contributed by atoms with Crippen LogP contribution in [0.1, 0.15) is 11.3 Å². The lowest BCUT2D eigenvalue weighted by atomic mass is 10.1. The van der Waals surface area contributed by atoms with Gasteiger partial charge < -0.3 is 4.84 Å². The average Bonchev–Trinajstić information content (AvgIpc) is 3.24. The van der Waals surface area contributed by atoms with Crippen molar-refractivity contribution in [1.82, 2.24) is 4.98 Å². The molecule has 0 aliphatic carbocycles. The van der Waals surface area contributed by atoms with Crippen LogP contribution in [0.3, 0.4) is 0 Å².